The van der Waals surface area contributed by atoms with E-state index in [0.29, 0.717) is 11.5 Å². The summed E-state index contributed by atoms with van der Waals surface area (Å²) in [6.07, 6.45) is 9.86. The number of phenolic OH excluding ortho intramolecular Hbond substituents is 1. The monoisotopic (exact) mass is 333 g/mol. The van der Waals surface area contributed by atoms with Gasteiger partial charge in [-0.05, 0) is 68.9 Å². The van der Waals surface area contributed by atoms with E-state index in [4.69, 9.17) is 22.7 Å². The second-order valence-electron chi connectivity index (χ2n) is 6.42. The molecule has 0 aromatic heterocycles. The quantitative estimate of drug-likeness (QED) is 0.439. The van der Waals surface area contributed by atoms with Crippen molar-refractivity contribution in [2.45, 2.75) is 64.7 Å². The van der Waals surface area contributed by atoms with Gasteiger partial charge in [-0.2, -0.15) is 0 Å². The fourth-order valence-electron chi connectivity index (χ4n) is 3.29. The highest BCUT2D eigenvalue weighted by atomic mass is 32.1. The molecule has 3 N–H and O–H groups in total. The van der Waals surface area contributed by atoms with Gasteiger partial charge in [0.25, 0.3) is 5.17 Å². The molecule has 0 saturated carbocycles. The number of hydrogen-bond acceptors (Lipinski definition) is 3. The van der Waals surface area contributed by atoms with Crippen molar-refractivity contribution in [1.29, 1.82) is 0 Å². The van der Waals surface area contributed by atoms with Crippen molar-refractivity contribution < 1.29 is 9.84 Å². The zero-order valence-corrected chi connectivity index (χ0v) is 14.9. The van der Waals surface area contributed by atoms with Crippen LogP contribution in [0, 0.1) is 0 Å². The summed E-state index contributed by atoms with van der Waals surface area (Å²) >= 11 is 4.91. The number of nitrogens with two attached hydrogens (primary N) is 1. The molecule has 1 unspecified atom stereocenters. The first-order valence-corrected chi connectivity index (χ1v) is 8.92. The number of aromatic hydroxyl groups is 1. The average molecular weight is 333 g/mol. The molecular weight excluding hydrogens is 306 g/mol. The second kappa shape index (κ2) is 8.34. The smallest absolute Gasteiger partial charge is 0.259 e. The molecule has 1 aliphatic rings. The number of allylic oxidation sites excluding steroid dienone is 2. The van der Waals surface area contributed by atoms with Gasteiger partial charge in [-0.15, -0.1) is 0 Å². The first-order valence-electron chi connectivity index (χ1n) is 8.51. The molecule has 1 atom stereocenters. The lowest BCUT2D eigenvalue weighted by Crippen LogP contribution is -2.18. The van der Waals surface area contributed by atoms with E-state index in [1.165, 1.54) is 18.4 Å². The van der Waals surface area contributed by atoms with Crippen LogP contribution in [0.5, 0.6) is 11.5 Å². The van der Waals surface area contributed by atoms with Crippen molar-refractivity contribution in [1.82, 2.24) is 0 Å². The van der Waals surface area contributed by atoms with Gasteiger partial charge < -0.3 is 15.6 Å². The average Bonchev–Trinajstić information content (AvgIpc) is 2.46. The van der Waals surface area contributed by atoms with Gasteiger partial charge in [-0.1, -0.05) is 31.4 Å². The van der Waals surface area contributed by atoms with Gasteiger partial charge in [0, 0.05) is 11.5 Å². The molecule has 0 radical (unpaired) electrons. The Morgan fingerprint density at radius 2 is 2.17 bits per heavy atom. The summed E-state index contributed by atoms with van der Waals surface area (Å²) in [5.74, 6) is 1.07. The number of unbranched alkanes of at least 4 members (excludes halogenated alkanes) is 2. The summed E-state index contributed by atoms with van der Waals surface area (Å²) in [7, 11) is 0. The maximum absolute atomic E-state index is 10.6. The molecule has 23 heavy (non-hydrogen) atoms. The maximum atomic E-state index is 10.6. The number of benzene rings is 1. The van der Waals surface area contributed by atoms with E-state index in [1.807, 2.05) is 12.1 Å². The van der Waals surface area contributed by atoms with Crippen LogP contribution in [0.15, 0.2) is 23.8 Å². The highest BCUT2D eigenvalue weighted by Gasteiger charge is 2.22. The lowest BCUT2D eigenvalue weighted by Gasteiger charge is -2.23. The van der Waals surface area contributed by atoms with Gasteiger partial charge in [0.05, 0.1) is 0 Å². The van der Waals surface area contributed by atoms with Crippen molar-refractivity contribution >= 4 is 17.4 Å². The SMILES string of the molecule is CCCCCc1cc(O)c(C2C=C(C)CCC2)c(OC(N)=S)c1. The molecule has 3 nitrogen and oxygen atoms in total. The Balaban J connectivity index is 2.35. The molecule has 1 aliphatic carbocycles. The summed E-state index contributed by atoms with van der Waals surface area (Å²) < 4.78 is 5.58. The zero-order chi connectivity index (χ0) is 16.8. The number of thiocarbonyl (C=S) groups is 1. The minimum absolute atomic E-state index is 0.00660. The molecule has 1 aromatic rings. The summed E-state index contributed by atoms with van der Waals surface area (Å²) in [5.41, 5.74) is 8.83. The Morgan fingerprint density at radius 1 is 1.39 bits per heavy atom. The number of hydrogen-bond donors (Lipinski definition) is 2. The Hall–Kier alpha value is -1.55. The highest BCUT2D eigenvalue weighted by molar-refractivity contribution is 7.80. The highest BCUT2D eigenvalue weighted by Crippen LogP contribution is 2.42. The molecule has 2 rings (SSSR count). The van der Waals surface area contributed by atoms with Gasteiger partial charge in [-0.25, -0.2) is 0 Å². The van der Waals surface area contributed by atoms with Crippen molar-refractivity contribution in [3.63, 3.8) is 0 Å². The van der Waals surface area contributed by atoms with E-state index in [2.05, 4.69) is 19.9 Å². The predicted molar refractivity (Wildman–Crippen MR) is 99.1 cm³/mol. The van der Waals surface area contributed by atoms with Crippen LogP contribution in [-0.4, -0.2) is 10.3 Å². The van der Waals surface area contributed by atoms with Gasteiger partial charge in [0.2, 0.25) is 0 Å². The first kappa shape index (κ1) is 17.8. The summed E-state index contributed by atoms with van der Waals surface area (Å²) in [4.78, 5) is 0. The Morgan fingerprint density at radius 3 is 2.83 bits per heavy atom. The van der Waals surface area contributed by atoms with Gasteiger partial charge in [-0.3, -0.25) is 0 Å². The van der Waals surface area contributed by atoms with Crippen LogP contribution >= 0.6 is 12.2 Å². The largest absolute Gasteiger partial charge is 0.507 e. The zero-order valence-electron chi connectivity index (χ0n) is 14.1. The fraction of sp³-hybridized carbons (Fsp3) is 0.526. The second-order valence-corrected chi connectivity index (χ2v) is 6.82. The van der Waals surface area contributed by atoms with Crippen molar-refractivity contribution in [3.05, 3.63) is 34.9 Å². The first-order chi connectivity index (χ1) is 11.0. The van der Waals surface area contributed by atoms with Crippen LogP contribution in [-0.2, 0) is 6.42 Å². The summed E-state index contributed by atoms with van der Waals surface area (Å²) in [5, 5.41) is 10.6. The third-order valence-electron chi connectivity index (χ3n) is 4.40. The van der Waals surface area contributed by atoms with Crippen LogP contribution in [0.1, 0.15) is 69.4 Å². The molecule has 0 amide bonds. The van der Waals surface area contributed by atoms with Crippen molar-refractivity contribution in [3.8, 4) is 11.5 Å². The number of phenols is 1. The molecule has 4 heteroatoms. The maximum Gasteiger partial charge on any atom is 0.259 e. The topological polar surface area (TPSA) is 55.5 Å². The van der Waals surface area contributed by atoms with Crippen molar-refractivity contribution in [2.24, 2.45) is 5.73 Å². The fourth-order valence-corrected chi connectivity index (χ4v) is 3.38. The molecular formula is C19H27NO2S. The number of ether oxygens (including phenoxy) is 1. The number of aryl methyl sites for hydroxylation is 1. The molecule has 0 saturated heterocycles. The molecule has 0 spiro atoms. The van der Waals surface area contributed by atoms with E-state index in [-0.39, 0.29) is 11.1 Å². The summed E-state index contributed by atoms with van der Waals surface area (Å²) in [6, 6.07) is 3.86. The molecule has 0 aliphatic heterocycles. The van der Waals surface area contributed by atoms with Gasteiger partial charge in [0.15, 0.2) is 0 Å². The third-order valence-corrected chi connectivity index (χ3v) is 4.49. The molecule has 126 valence electrons. The van der Waals surface area contributed by atoms with E-state index in [1.54, 1.807) is 0 Å². The summed E-state index contributed by atoms with van der Waals surface area (Å²) in [6.45, 7) is 4.32. The van der Waals surface area contributed by atoms with E-state index in [0.717, 1.165) is 43.2 Å². The van der Waals surface area contributed by atoms with Crippen molar-refractivity contribution in [2.75, 3.05) is 0 Å². The number of rotatable bonds is 6. The molecule has 0 bridgehead atoms. The van der Waals surface area contributed by atoms with Crippen LogP contribution < -0.4 is 10.5 Å². The van der Waals surface area contributed by atoms with Crippen LogP contribution in [0.4, 0.5) is 0 Å². The van der Waals surface area contributed by atoms with Gasteiger partial charge >= 0.3 is 0 Å². The lowest BCUT2D eigenvalue weighted by molar-refractivity contribution is 0.448. The minimum atomic E-state index is -0.00660. The Kier molecular flexibility index (Phi) is 6.46. The molecule has 1 aromatic carbocycles. The predicted octanol–water partition coefficient (Wildman–Crippen LogP) is 4.96. The van der Waals surface area contributed by atoms with Crippen LogP contribution in [0.2, 0.25) is 0 Å². The normalized spacial score (nSPS) is 17.7. The lowest BCUT2D eigenvalue weighted by atomic mass is 9.84. The minimum Gasteiger partial charge on any atom is -0.507 e. The third kappa shape index (κ3) is 4.96. The van der Waals surface area contributed by atoms with Gasteiger partial charge in [0.1, 0.15) is 11.5 Å². The van der Waals surface area contributed by atoms with E-state index in [9.17, 15) is 5.11 Å². The Bertz CT molecular complexity index is 595. The van der Waals surface area contributed by atoms with Crippen LogP contribution in [0.25, 0.3) is 0 Å². The van der Waals surface area contributed by atoms with E-state index < -0.39 is 0 Å². The van der Waals surface area contributed by atoms with Crippen LogP contribution in [0.3, 0.4) is 0 Å². The Labute approximate surface area is 144 Å². The molecule has 0 fully saturated rings. The van der Waals surface area contributed by atoms with E-state index >= 15 is 0 Å². The molecule has 0 heterocycles. The standard InChI is InChI=1S/C19H27NO2S/c1-3-4-5-8-14-11-16(21)18(17(12-14)22-19(20)23)15-9-6-7-13(2)10-15/h10-12,15,21H,3-9H2,1-2H3,(H2,20,23).